The van der Waals surface area contributed by atoms with Gasteiger partial charge in [-0.3, -0.25) is 14.9 Å². The summed E-state index contributed by atoms with van der Waals surface area (Å²) in [5.41, 5.74) is -0.345. The van der Waals surface area contributed by atoms with Gasteiger partial charge >= 0.3 is 6.18 Å². The highest BCUT2D eigenvalue weighted by atomic mass is 32.2. The van der Waals surface area contributed by atoms with Gasteiger partial charge < -0.3 is 30.0 Å². The zero-order chi connectivity index (χ0) is 28.1. The van der Waals surface area contributed by atoms with Crippen LogP contribution < -0.4 is 15.3 Å². The standard InChI is InChI=1S/C19H24N6O5S.C2HF3O2/c26-18(24-10-6-20-7-11-24)14-12-17(31(29,30)19-21-4-5-22-19)16(13-15(14)25(27)28)23-8-2-1-3-9-23;3-2(4,5)1(6)7/h4-5,12-13,20H,1-3,6-11H2,(H,21,22);(H,6,7). The van der Waals surface area contributed by atoms with Crippen LogP contribution in [-0.2, 0) is 14.6 Å². The maximum Gasteiger partial charge on any atom is 0.430 e. The van der Waals surface area contributed by atoms with Crippen molar-refractivity contribution in [2.45, 2.75) is 35.5 Å². The van der Waals surface area contributed by atoms with E-state index in [1.54, 1.807) is 0 Å². The molecule has 0 aliphatic carbocycles. The number of aromatic amines is 1. The third kappa shape index (κ3) is 6.58. The number of carbonyl (C=O) groups is 2. The Kier molecular flexibility index (Phi) is 8.93. The molecule has 2 aliphatic rings. The molecule has 0 radical (unpaired) electrons. The van der Waals surface area contributed by atoms with E-state index in [1.807, 2.05) is 4.90 Å². The van der Waals surface area contributed by atoms with E-state index in [2.05, 4.69) is 15.3 Å². The number of imidazole rings is 1. The number of alkyl halides is 3. The molecule has 0 spiro atoms. The number of anilines is 1. The lowest BCUT2D eigenvalue weighted by Crippen LogP contribution is -2.89. The van der Waals surface area contributed by atoms with E-state index in [-0.39, 0.29) is 27.0 Å². The summed E-state index contributed by atoms with van der Waals surface area (Å²) in [6.07, 6.45) is 0.268. The summed E-state index contributed by atoms with van der Waals surface area (Å²) in [5.74, 6) is -3.53. The maximum absolute atomic E-state index is 13.4. The van der Waals surface area contributed by atoms with Crippen molar-refractivity contribution in [2.24, 2.45) is 0 Å². The molecule has 2 aromatic rings. The number of piperazine rings is 1. The molecule has 17 heteroatoms. The van der Waals surface area contributed by atoms with Crippen molar-refractivity contribution in [3.05, 3.63) is 40.2 Å². The molecular formula is C21H25F3N6O7S. The zero-order valence-electron chi connectivity index (χ0n) is 19.9. The lowest BCUT2D eigenvalue weighted by Gasteiger charge is -2.31. The number of nitro benzene ring substituents is 1. The van der Waals surface area contributed by atoms with Crippen LogP contribution in [-0.4, -0.2) is 85.5 Å². The van der Waals surface area contributed by atoms with Crippen LogP contribution in [0.15, 0.2) is 34.6 Å². The number of nitrogens with two attached hydrogens (primary N) is 1. The summed E-state index contributed by atoms with van der Waals surface area (Å²) >= 11 is 0. The number of benzene rings is 1. The molecule has 2 fully saturated rings. The number of piperidine rings is 1. The number of nitrogens with one attached hydrogen (secondary N) is 1. The Labute approximate surface area is 214 Å². The second-order valence-corrected chi connectivity index (χ2v) is 10.3. The number of halogens is 3. The predicted molar refractivity (Wildman–Crippen MR) is 122 cm³/mol. The molecule has 0 atom stereocenters. The lowest BCUT2D eigenvalue weighted by atomic mass is 10.1. The van der Waals surface area contributed by atoms with Crippen molar-refractivity contribution in [3.63, 3.8) is 0 Å². The van der Waals surface area contributed by atoms with E-state index in [0.29, 0.717) is 39.3 Å². The number of amides is 1. The molecule has 2 saturated heterocycles. The largest absolute Gasteiger partial charge is 0.542 e. The highest BCUT2D eigenvalue weighted by Crippen LogP contribution is 2.37. The first-order valence-corrected chi connectivity index (χ1v) is 13.0. The number of hydrogen-bond acceptors (Lipinski definition) is 9. The number of carboxylic acids is 1. The number of aromatic nitrogens is 2. The van der Waals surface area contributed by atoms with E-state index < -0.39 is 32.8 Å². The van der Waals surface area contributed by atoms with Crippen molar-refractivity contribution in [1.29, 1.82) is 0 Å². The highest BCUT2D eigenvalue weighted by Gasteiger charge is 2.35. The molecule has 13 nitrogen and oxygen atoms in total. The van der Waals surface area contributed by atoms with Crippen molar-refractivity contribution in [1.82, 2.24) is 14.9 Å². The monoisotopic (exact) mass is 562 g/mol. The van der Waals surface area contributed by atoms with Crippen molar-refractivity contribution >= 4 is 33.1 Å². The minimum atomic E-state index is -5.19. The fourth-order valence-corrected chi connectivity index (χ4v) is 5.47. The number of hydrogen-bond donors (Lipinski definition) is 2. The predicted octanol–water partition coefficient (Wildman–Crippen LogP) is -0.541. The van der Waals surface area contributed by atoms with Crippen LogP contribution in [0.4, 0.5) is 24.5 Å². The Morgan fingerprint density at radius 2 is 1.68 bits per heavy atom. The number of nitrogens with zero attached hydrogens (tertiary/aromatic N) is 4. The molecule has 1 aromatic carbocycles. The molecule has 1 aromatic heterocycles. The molecule has 1 amide bonds. The van der Waals surface area contributed by atoms with Gasteiger partial charge in [-0.2, -0.15) is 13.2 Å². The average molecular weight is 563 g/mol. The number of carbonyl (C=O) groups excluding carboxylic acids is 2. The number of sulfone groups is 1. The molecule has 3 heterocycles. The first kappa shape index (κ1) is 28.8. The Balaban J connectivity index is 0.000000505. The van der Waals surface area contributed by atoms with Crippen LogP contribution in [0, 0.1) is 10.1 Å². The Morgan fingerprint density at radius 3 is 2.18 bits per heavy atom. The molecule has 0 saturated carbocycles. The van der Waals surface area contributed by atoms with E-state index in [1.165, 1.54) is 29.4 Å². The summed E-state index contributed by atoms with van der Waals surface area (Å²) in [6, 6.07) is 2.41. The van der Waals surface area contributed by atoms with Crippen LogP contribution >= 0.6 is 0 Å². The molecule has 0 bridgehead atoms. The van der Waals surface area contributed by atoms with E-state index in [9.17, 15) is 36.5 Å². The van der Waals surface area contributed by atoms with Crippen molar-refractivity contribution < 1.29 is 46.5 Å². The maximum atomic E-state index is 13.4. The van der Waals surface area contributed by atoms with Crippen molar-refractivity contribution in [3.8, 4) is 0 Å². The van der Waals surface area contributed by atoms with Crippen molar-refractivity contribution in [2.75, 3.05) is 44.2 Å². The highest BCUT2D eigenvalue weighted by molar-refractivity contribution is 7.91. The minimum Gasteiger partial charge on any atom is -0.542 e. The molecule has 3 N–H and O–H groups in total. The third-order valence-electron chi connectivity index (χ3n) is 5.94. The van der Waals surface area contributed by atoms with Gasteiger partial charge in [-0.1, -0.05) is 0 Å². The Morgan fingerprint density at radius 1 is 1.08 bits per heavy atom. The normalized spacial score (nSPS) is 16.4. The fraction of sp³-hybridized carbons (Fsp3) is 0.476. The second kappa shape index (κ2) is 11.8. The average Bonchev–Trinajstić information content (AvgIpc) is 3.44. The first-order chi connectivity index (χ1) is 17.8. The Hall–Kier alpha value is -3.73. The van der Waals surface area contributed by atoms with E-state index in [4.69, 9.17) is 9.90 Å². The molecule has 0 unspecified atom stereocenters. The van der Waals surface area contributed by atoms with E-state index >= 15 is 0 Å². The smallest absolute Gasteiger partial charge is 0.430 e. The summed E-state index contributed by atoms with van der Waals surface area (Å²) in [5, 5.41) is 22.5. The van der Waals surface area contributed by atoms with Gasteiger partial charge in [0.05, 0.1) is 41.7 Å². The molecule has 4 rings (SSSR count). The van der Waals surface area contributed by atoms with Gasteiger partial charge in [0.1, 0.15) is 11.5 Å². The van der Waals surface area contributed by atoms with Crippen LogP contribution in [0.5, 0.6) is 0 Å². The van der Waals surface area contributed by atoms with Gasteiger partial charge in [0.25, 0.3) is 11.6 Å². The second-order valence-electron chi connectivity index (χ2n) is 8.48. The Bertz CT molecular complexity index is 1270. The summed E-state index contributed by atoms with van der Waals surface area (Å²) in [6.45, 7) is 3.47. The van der Waals surface area contributed by atoms with Gasteiger partial charge in [0.15, 0.2) is 0 Å². The first-order valence-electron chi connectivity index (χ1n) is 11.5. The summed E-state index contributed by atoms with van der Waals surface area (Å²) < 4.78 is 58.3. The summed E-state index contributed by atoms with van der Waals surface area (Å²) in [7, 11) is -4.11. The molecule has 2 aliphatic heterocycles. The number of rotatable bonds is 5. The SMILES string of the molecule is O=C([O-])C(F)(F)F.O=C(c1cc(S(=O)(=O)c2ncc[nH]2)c(N2CCCCC2)cc1[N+](=O)[O-])N1CC[NH2+]CC1. The van der Waals surface area contributed by atoms with Crippen LogP contribution in [0.3, 0.4) is 0 Å². The number of quaternary nitrogens is 1. The third-order valence-corrected chi connectivity index (χ3v) is 7.58. The number of H-pyrrole nitrogens is 1. The van der Waals surface area contributed by atoms with Gasteiger partial charge in [0, 0.05) is 31.5 Å². The quantitative estimate of drug-likeness (QED) is 0.356. The summed E-state index contributed by atoms with van der Waals surface area (Å²) in [4.78, 5) is 42.9. The minimum absolute atomic E-state index is 0.137. The lowest BCUT2D eigenvalue weighted by molar-refractivity contribution is -0.661. The van der Waals surface area contributed by atoms with Crippen LogP contribution in [0.2, 0.25) is 0 Å². The van der Waals surface area contributed by atoms with Gasteiger partial charge in [-0.15, -0.1) is 0 Å². The molecule has 38 heavy (non-hydrogen) atoms. The van der Waals surface area contributed by atoms with Gasteiger partial charge in [-0.25, -0.2) is 13.4 Å². The molecule has 208 valence electrons. The van der Waals surface area contributed by atoms with E-state index in [0.717, 1.165) is 19.3 Å². The fourth-order valence-electron chi connectivity index (χ4n) is 4.10. The van der Waals surface area contributed by atoms with Crippen LogP contribution in [0.1, 0.15) is 29.6 Å². The number of nitro groups is 1. The number of aliphatic carboxylic acids is 1. The van der Waals surface area contributed by atoms with Gasteiger partial charge in [-0.05, 0) is 25.3 Å². The van der Waals surface area contributed by atoms with Gasteiger partial charge in [0.2, 0.25) is 15.0 Å². The zero-order valence-corrected chi connectivity index (χ0v) is 20.8. The molecular weight excluding hydrogens is 537 g/mol. The topological polar surface area (TPSA) is 186 Å². The number of carboxylic acid groups (broad SMARTS) is 1. The van der Waals surface area contributed by atoms with Crippen LogP contribution in [0.25, 0.3) is 0 Å².